The number of rotatable bonds is 8. The Hall–Kier alpha value is -0.740. The quantitative estimate of drug-likeness (QED) is 0.770. The maximum atomic E-state index is 5.51. The topological polar surface area (TPSA) is 30.5 Å². The van der Waals surface area contributed by atoms with Crippen LogP contribution < -0.4 is 14.8 Å². The van der Waals surface area contributed by atoms with Crippen LogP contribution in [0.1, 0.15) is 44.7 Å². The molecule has 108 valence electrons. The summed E-state index contributed by atoms with van der Waals surface area (Å²) in [5.74, 6) is 1.74. The van der Waals surface area contributed by atoms with Crippen LogP contribution in [0.3, 0.4) is 0 Å². The molecule has 1 rings (SSSR count). The fourth-order valence-corrected chi connectivity index (χ4v) is 2.62. The summed E-state index contributed by atoms with van der Waals surface area (Å²) in [6.07, 6.45) is 3.33. The van der Waals surface area contributed by atoms with Crippen LogP contribution in [0.25, 0.3) is 0 Å². The van der Waals surface area contributed by atoms with E-state index in [1.54, 1.807) is 14.2 Å². The largest absolute Gasteiger partial charge is 0.496 e. The van der Waals surface area contributed by atoms with E-state index in [0.717, 1.165) is 47.3 Å². The summed E-state index contributed by atoms with van der Waals surface area (Å²) in [5.41, 5.74) is 1.16. The van der Waals surface area contributed by atoms with Crippen molar-refractivity contribution in [1.29, 1.82) is 0 Å². The average molecular weight is 330 g/mol. The zero-order valence-corrected chi connectivity index (χ0v) is 13.8. The third-order valence-electron chi connectivity index (χ3n) is 3.10. The van der Waals surface area contributed by atoms with Crippen LogP contribution in [0.5, 0.6) is 11.5 Å². The van der Waals surface area contributed by atoms with Gasteiger partial charge < -0.3 is 14.8 Å². The first kappa shape index (κ1) is 16.3. The monoisotopic (exact) mass is 329 g/mol. The Bertz CT molecular complexity index is 396. The summed E-state index contributed by atoms with van der Waals surface area (Å²) in [5, 5.41) is 3.58. The number of nitrogens with one attached hydrogen (secondary N) is 1. The first-order valence-electron chi connectivity index (χ1n) is 6.82. The van der Waals surface area contributed by atoms with Gasteiger partial charge in [-0.05, 0) is 47.4 Å². The number of halogens is 1. The molecule has 1 atom stereocenters. The normalized spacial score (nSPS) is 12.3. The van der Waals surface area contributed by atoms with Crippen molar-refractivity contribution in [3.63, 3.8) is 0 Å². The molecule has 4 heteroatoms. The van der Waals surface area contributed by atoms with Gasteiger partial charge >= 0.3 is 0 Å². The van der Waals surface area contributed by atoms with Crippen molar-refractivity contribution in [1.82, 2.24) is 5.32 Å². The average Bonchev–Trinajstić information content (AvgIpc) is 2.43. The van der Waals surface area contributed by atoms with E-state index in [4.69, 9.17) is 9.47 Å². The van der Waals surface area contributed by atoms with E-state index in [0.29, 0.717) is 6.04 Å². The summed E-state index contributed by atoms with van der Waals surface area (Å²) >= 11 is 3.50. The first-order chi connectivity index (χ1) is 9.17. The van der Waals surface area contributed by atoms with Crippen LogP contribution in [0.4, 0.5) is 0 Å². The number of benzene rings is 1. The standard InChI is InChI=1S/C15H24BrNO2/c1-5-7-13(17-8-6-2)11-9-15(19-4)12(16)10-14(11)18-3/h9-10,13,17H,5-8H2,1-4H3. The van der Waals surface area contributed by atoms with E-state index < -0.39 is 0 Å². The summed E-state index contributed by atoms with van der Waals surface area (Å²) in [6.45, 7) is 5.38. The molecule has 1 N–H and O–H groups in total. The fraction of sp³-hybridized carbons (Fsp3) is 0.600. The molecule has 0 radical (unpaired) electrons. The zero-order chi connectivity index (χ0) is 14.3. The van der Waals surface area contributed by atoms with Crippen LogP contribution in [0.15, 0.2) is 16.6 Å². The molecule has 0 spiro atoms. The smallest absolute Gasteiger partial charge is 0.133 e. The van der Waals surface area contributed by atoms with Gasteiger partial charge in [0.1, 0.15) is 11.5 Å². The van der Waals surface area contributed by atoms with Crippen molar-refractivity contribution >= 4 is 15.9 Å². The van der Waals surface area contributed by atoms with Crippen molar-refractivity contribution in [2.24, 2.45) is 0 Å². The Labute approximate surface area is 124 Å². The van der Waals surface area contributed by atoms with Gasteiger partial charge in [-0.2, -0.15) is 0 Å². The highest BCUT2D eigenvalue weighted by atomic mass is 79.9. The molecule has 19 heavy (non-hydrogen) atoms. The second-order valence-corrected chi connectivity index (χ2v) is 5.38. The van der Waals surface area contributed by atoms with Gasteiger partial charge in [0.05, 0.1) is 18.7 Å². The molecule has 0 aliphatic heterocycles. The van der Waals surface area contributed by atoms with E-state index in [2.05, 4.69) is 41.2 Å². The Morgan fingerprint density at radius 2 is 1.79 bits per heavy atom. The Morgan fingerprint density at radius 1 is 1.11 bits per heavy atom. The van der Waals surface area contributed by atoms with Crippen LogP contribution in [-0.4, -0.2) is 20.8 Å². The highest BCUT2D eigenvalue weighted by molar-refractivity contribution is 9.10. The van der Waals surface area contributed by atoms with E-state index in [9.17, 15) is 0 Å². The van der Waals surface area contributed by atoms with Gasteiger partial charge in [-0.15, -0.1) is 0 Å². The van der Waals surface area contributed by atoms with Crippen LogP contribution in [-0.2, 0) is 0 Å². The van der Waals surface area contributed by atoms with Crippen molar-refractivity contribution in [2.75, 3.05) is 20.8 Å². The molecule has 3 nitrogen and oxygen atoms in total. The zero-order valence-electron chi connectivity index (χ0n) is 12.3. The second-order valence-electron chi connectivity index (χ2n) is 4.52. The lowest BCUT2D eigenvalue weighted by atomic mass is 10.0. The number of hydrogen-bond acceptors (Lipinski definition) is 3. The van der Waals surface area contributed by atoms with Crippen molar-refractivity contribution in [3.8, 4) is 11.5 Å². The molecular weight excluding hydrogens is 306 g/mol. The summed E-state index contributed by atoms with van der Waals surface area (Å²) < 4.78 is 11.8. The maximum Gasteiger partial charge on any atom is 0.133 e. The predicted octanol–water partition coefficient (Wildman–Crippen LogP) is 4.31. The maximum absolute atomic E-state index is 5.51. The molecule has 1 aromatic carbocycles. The van der Waals surface area contributed by atoms with Crippen LogP contribution in [0.2, 0.25) is 0 Å². The minimum atomic E-state index is 0.307. The lowest BCUT2D eigenvalue weighted by Gasteiger charge is -2.22. The van der Waals surface area contributed by atoms with Gasteiger partial charge in [0.15, 0.2) is 0 Å². The minimum absolute atomic E-state index is 0.307. The lowest BCUT2D eigenvalue weighted by Crippen LogP contribution is -2.22. The Balaban J connectivity index is 3.11. The highest BCUT2D eigenvalue weighted by Crippen LogP contribution is 2.37. The van der Waals surface area contributed by atoms with Crippen molar-refractivity contribution in [3.05, 3.63) is 22.2 Å². The molecule has 1 unspecified atom stereocenters. The molecule has 0 bridgehead atoms. The predicted molar refractivity (Wildman–Crippen MR) is 83.2 cm³/mol. The van der Waals surface area contributed by atoms with E-state index in [-0.39, 0.29) is 0 Å². The Kier molecular flexibility index (Phi) is 7.24. The molecule has 0 aliphatic rings. The molecular formula is C15H24BrNO2. The van der Waals surface area contributed by atoms with Crippen LogP contribution >= 0.6 is 15.9 Å². The van der Waals surface area contributed by atoms with Gasteiger partial charge in [-0.1, -0.05) is 20.3 Å². The fourth-order valence-electron chi connectivity index (χ4n) is 2.13. The SMILES string of the molecule is CCCNC(CCC)c1cc(OC)c(Br)cc1OC. The molecule has 0 aliphatic carbocycles. The molecule has 1 aromatic rings. The van der Waals surface area contributed by atoms with Crippen molar-refractivity contribution in [2.45, 2.75) is 39.2 Å². The molecule has 0 saturated carbocycles. The van der Waals surface area contributed by atoms with Crippen LogP contribution in [0, 0.1) is 0 Å². The third kappa shape index (κ3) is 4.39. The molecule has 0 amide bonds. The number of ether oxygens (including phenoxy) is 2. The van der Waals surface area contributed by atoms with E-state index >= 15 is 0 Å². The van der Waals surface area contributed by atoms with Gasteiger partial charge in [-0.3, -0.25) is 0 Å². The lowest BCUT2D eigenvalue weighted by molar-refractivity contribution is 0.383. The van der Waals surface area contributed by atoms with Gasteiger partial charge in [0.2, 0.25) is 0 Å². The van der Waals surface area contributed by atoms with E-state index in [1.165, 1.54) is 0 Å². The number of hydrogen-bond donors (Lipinski definition) is 1. The minimum Gasteiger partial charge on any atom is -0.496 e. The molecule has 0 heterocycles. The van der Waals surface area contributed by atoms with Gasteiger partial charge in [0.25, 0.3) is 0 Å². The summed E-state index contributed by atoms with van der Waals surface area (Å²) in [6, 6.07) is 4.35. The summed E-state index contributed by atoms with van der Waals surface area (Å²) in [7, 11) is 3.39. The van der Waals surface area contributed by atoms with Gasteiger partial charge in [0, 0.05) is 11.6 Å². The Morgan fingerprint density at radius 3 is 2.32 bits per heavy atom. The molecule has 0 saturated heterocycles. The highest BCUT2D eigenvalue weighted by Gasteiger charge is 2.17. The summed E-state index contributed by atoms with van der Waals surface area (Å²) in [4.78, 5) is 0. The first-order valence-corrected chi connectivity index (χ1v) is 7.61. The van der Waals surface area contributed by atoms with E-state index in [1.807, 2.05) is 6.07 Å². The third-order valence-corrected chi connectivity index (χ3v) is 3.72. The second kappa shape index (κ2) is 8.43. The van der Waals surface area contributed by atoms with Gasteiger partial charge in [-0.25, -0.2) is 0 Å². The number of methoxy groups -OCH3 is 2. The molecule has 0 aromatic heterocycles. The molecule has 0 fully saturated rings. The van der Waals surface area contributed by atoms with Crippen molar-refractivity contribution < 1.29 is 9.47 Å².